The third-order valence-corrected chi connectivity index (χ3v) is 4.17. The maximum Gasteiger partial charge on any atom is 0.251 e. The van der Waals surface area contributed by atoms with E-state index in [2.05, 4.69) is 19.2 Å². The minimum absolute atomic E-state index is 0.0298. The van der Waals surface area contributed by atoms with Gasteiger partial charge in [-0.15, -0.1) is 0 Å². The van der Waals surface area contributed by atoms with Crippen LogP contribution in [0.3, 0.4) is 0 Å². The zero-order chi connectivity index (χ0) is 14.0. The fraction of sp³-hybridized carbons (Fsp3) is 0.562. The lowest BCUT2D eigenvalue weighted by molar-refractivity contribution is 0.0908. The first-order valence-electron chi connectivity index (χ1n) is 7.04. The molecule has 0 atom stereocenters. The number of amides is 1. The van der Waals surface area contributed by atoms with Crippen molar-refractivity contribution in [3.63, 3.8) is 0 Å². The van der Waals surface area contributed by atoms with Crippen molar-refractivity contribution in [3.8, 4) is 0 Å². The van der Waals surface area contributed by atoms with E-state index in [0.717, 1.165) is 24.0 Å². The van der Waals surface area contributed by atoms with E-state index in [9.17, 15) is 4.79 Å². The van der Waals surface area contributed by atoms with Gasteiger partial charge in [0, 0.05) is 17.3 Å². The number of rotatable bonds is 2. The quantitative estimate of drug-likeness (QED) is 0.802. The first-order chi connectivity index (χ1) is 8.87. The van der Waals surface area contributed by atoms with Gasteiger partial charge in [-0.3, -0.25) is 4.79 Å². The number of aryl methyl sites for hydroxylation is 1. The molecule has 2 rings (SSSR count). The van der Waals surface area contributed by atoms with Gasteiger partial charge < -0.3 is 11.1 Å². The Morgan fingerprint density at radius 3 is 2.53 bits per heavy atom. The molecule has 1 aromatic carbocycles. The van der Waals surface area contributed by atoms with Crippen LogP contribution in [0, 0.1) is 12.3 Å². The maximum absolute atomic E-state index is 12.3. The Kier molecular flexibility index (Phi) is 3.83. The molecule has 19 heavy (non-hydrogen) atoms. The monoisotopic (exact) mass is 260 g/mol. The number of hydrogen-bond acceptors (Lipinski definition) is 2. The van der Waals surface area contributed by atoms with Crippen LogP contribution in [0.1, 0.15) is 55.5 Å². The number of benzene rings is 1. The predicted octanol–water partition coefficient (Wildman–Crippen LogP) is 3.28. The first-order valence-corrected chi connectivity index (χ1v) is 7.04. The van der Waals surface area contributed by atoms with E-state index in [1.807, 2.05) is 19.1 Å². The van der Waals surface area contributed by atoms with E-state index in [-0.39, 0.29) is 5.91 Å². The summed E-state index contributed by atoms with van der Waals surface area (Å²) in [5, 5.41) is 3.15. The van der Waals surface area contributed by atoms with Crippen LogP contribution in [0.2, 0.25) is 0 Å². The van der Waals surface area contributed by atoms with E-state index in [0.29, 0.717) is 17.1 Å². The molecule has 1 saturated carbocycles. The van der Waals surface area contributed by atoms with E-state index >= 15 is 0 Å². The Morgan fingerprint density at radius 1 is 1.32 bits per heavy atom. The van der Waals surface area contributed by atoms with Gasteiger partial charge in [-0.1, -0.05) is 13.8 Å². The zero-order valence-corrected chi connectivity index (χ0v) is 12.1. The van der Waals surface area contributed by atoms with Crippen LogP contribution in [0.5, 0.6) is 0 Å². The lowest BCUT2D eigenvalue weighted by atomic mass is 9.75. The summed E-state index contributed by atoms with van der Waals surface area (Å²) in [4.78, 5) is 12.3. The average molecular weight is 260 g/mol. The van der Waals surface area contributed by atoms with Gasteiger partial charge >= 0.3 is 0 Å². The maximum atomic E-state index is 12.3. The zero-order valence-electron chi connectivity index (χ0n) is 12.1. The molecule has 0 aliphatic heterocycles. The standard InChI is InChI=1S/C16H24N2O/c1-11-10-12(17)4-5-14(11)15(19)18-13-6-8-16(2,3)9-7-13/h4-5,10,13H,6-9,17H2,1-3H3,(H,18,19). The molecule has 0 saturated heterocycles. The van der Waals surface area contributed by atoms with E-state index in [4.69, 9.17) is 5.73 Å². The van der Waals surface area contributed by atoms with E-state index in [1.54, 1.807) is 6.07 Å². The summed E-state index contributed by atoms with van der Waals surface area (Å²) in [5.41, 5.74) is 8.52. The van der Waals surface area contributed by atoms with Crippen LogP contribution < -0.4 is 11.1 Å². The van der Waals surface area contributed by atoms with Crippen LogP contribution in [-0.2, 0) is 0 Å². The van der Waals surface area contributed by atoms with Crippen LogP contribution in [0.25, 0.3) is 0 Å². The highest BCUT2D eigenvalue weighted by Crippen LogP contribution is 2.35. The third kappa shape index (κ3) is 3.49. The molecule has 0 aromatic heterocycles. The normalized spacial score (nSPS) is 19.1. The van der Waals surface area contributed by atoms with Gasteiger partial charge in [0.25, 0.3) is 5.91 Å². The van der Waals surface area contributed by atoms with Crippen LogP contribution in [0.4, 0.5) is 5.69 Å². The molecule has 104 valence electrons. The summed E-state index contributed by atoms with van der Waals surface area (Å²) in [6.07, 6.45) is 4.51. The number of nitrogen functional groups attached to an aromatic ring is 1. The number of carbonyl (C=O) groups excluding carboxylic acids is 1. The molecule has 0 unspecified atom stereocenters. The highest BCUT2D eigenvalue weighted by molar-refractivity contribution is 5.96. The number of anilines is 1. The summed E-state index contributed by atoms with van der Waals surface area (Å²) in [7, 11) is 0. The molecule has 0 spiro atoms. The summed E-state index contributed by atoms with van der Waals surface area (Å²) in [6.45, 7) is 6.53. The van der Waals surface area contributed by atoms with Crippen molar-refractivity contribution in [1.82, 2.24) is 5.32 Å². The van der Waals surface area contributed by atoms with Crippen molar-refractivity contribution in [2.45, 2.75) is 52.5 Å². The molecular weight excluding hydrogens is 236 g/mol. The molecule has 3 heteroatoms. The number of hydrogen-bond donors (Lipinski definition) is 2. The Bertz CT molecular complexity index is 470. The van der Waals surface area contributed by atoms with Crippen molar-refractivity contribution in [1.29, 1.82) is 0 Å². The lowest BCUT2D eigenvalue weighted by Gasteiger charge is -2.34. The summed E-state index contributed by atoms with van der Waals surface area (Å²) in [5.74, 6) is 0.0298. The smallest absolute Gasteiger partial charge is 0.251 e. The summed E-state index contributed by atoms with van der Waals surface area (Å²) < 4.78 is 0. The summed E-state index contributed by atoms with van der Waals surface area (Å²) in [6, 6.07) is 5.76. The van der Waals surface area contributed by atoms with Crippen molar-refractivity contribution < 1.29 is 4.79 Å². The molecule has 1 aliphatic rings. The first kappa shape index (κ1) is 13.9. The fourth-order valence-electron chi connectivity index (χ4n) is 2.75. The van der Waals surface area contributed by atoms with Gasteiger partial charge in [0.15, 0.2) is 0 Å². The molecular formula is C16H24N2O. The molecule has 1 fully saturated rings. The Balaban J connectivity index is 1.98. The number of nitrogens with one attached hydrogen (secondary N) is 1. The van der Waals surface area contributed by atoms with Gasteiger partial charge in [0.05, 0.1) is 0 Å². The number of carbonyl (C=O) groups is 1. The molecule has 1 amide bonds. The van der Waals surface area contributed by atoms with Crippen molar-refractivity contribution in [2.24, 2.45) is 5.41 Å². The van der Waals surface area contributed by atoms with Crippen LogP contribution in [-0.4, -0.2) is 11.9 Å². The SMILES string of the molecule is Cc1cc(N)ccc1C(=O)NC1CCC(C)(C)CC1. The van der Waals surface area contributed by atoms with Crippen molar-refractivity contribution in [3.05, 3.63) is 29.3 Å². The third-order valence-electron chi connectivity index (χ3n) is 4.17. The topological polar surface area (TPSA) is 55.1 Å². The molecule has 3 nitrogen and oxygen atoms in total. The van der Waals surface area contributed by atoms with Crippen LogP contribution in [0.15, 0.2) is 18.2 Å². The average Bonchev–Trinajstić information content (AvgIpc) is 2.31. The van der Waals surface area contributed by atoms with E-state index < -0.39 is 0 Å². The minimum Gasteiger partial charge on any atom is -0.399 e. The molecule has 1 aromatic rings. The fourth-order valence-corrected chi connectivity index (χ4v) is 2.75. The Hall–Kier alpha value is -1.51. The Labute approximate surface area is 115 Å². The van der Waals surface area contributed by atoms with Gasteiger partial charge in [0.1, 0.15) is 0 Å². The number of nitrogens with two attached hydrogens (primary N) is 1. The molecule has 3 N–H and O–H groups in total. The molecule has 0 bridgehead atoms. The molecule has 0 heterocycles. The predicted molar refractivity (Wildman–Crippen MR) is 79.1 cm³/mol. The largest absolute Gasteiger partial charge is 0.399 e. The van der Waals surface area contributed by atoms with Gasteiger partial charge in [-0.05, 0) is 61.8 Å². The van der Waals surface area contributed by atoms with Crippen molar-refractivity contribution >= 4 is 11.6 Å². The van der Waals surface area contributed by atoms with Gasteiger partial charge in [-0.2, -0.15) is 0 Å². The van der Waals surface area contributed by atoms with E-state index in [1.165, 1.54) is 12.8 Å². The molecule has 0 radical (unpaired) electrons. The van der Waals surface area contributed by atoms with Gasteiger partial charge in [-0.25, -0.2) is 0 Å². The summed E-state index contributed by atoms with van der Waals surface area (Å²) >= 11 is 0. The second kappa shape index (κ2) is 5.24. The Morgan fingerprint density at radius 2 is 1.95 bits per heavy atom. The van der Waals surface area contributed by atoms with Crippen molar-refractivity contribution in [2.75, 3.05) is 5.73 Å². The highest BCUT2D eigenvalue weighted by atomic mass is 16.1. The highest BCUT2D eigenvalue weighted by Gasteiger charge is 2.27. The van der Waals surface area contributed by atoms with Gasteiger partial charge in [0.2, 0.25) is 0 Å². The minimum atomic E-state index is 0.0298. The van der Waals surface area contributed by atoms with Crippen LogP contribution >= 0.6 is 0 Å². The lowest BCUT2D eigenvalue weighted by Crippen LogP contribution is -2.39. The second-order valence-corrected chi connectivity index (χ2v) is 6.49. The second-order valence-electron chi connectivity index (χ2n) is 6.49. The molecule has 1 aliphatic carbocycles.